The molecule has 1 rings (SSSR count). The van der Waals surface area contributed by atoms with Gasteiger partial charge in [0.25, 0.3) is 6.29 Å². The minimum absolute atomic E-state index is 0.0733. The molecule has 0 aliphatic carbocycles. The fourth-order valence-electron chi connectivity index (χ4n) is 0.999. The quantitative estimate of drug-likeness (QED) is 0.475. The highest BCUT2D eigenvalue weighted by molar-refractivity contribution is 5.87. The molecule has 2 unspecified atom stereocenters. The van der Waals surface area contributed by atoms with E-state index in [1.807, 2.05) is 0 Å². The molecule has 4 nitrogen and oxygen atoms in total. The molecule has 0 aromatic heterocycles. The lowest BCUT2D eigenvalue weighted by Gasteiger charge is -2.14. The van der Waals surface area contributed by atoms with Crippen molar-refractivity contribution in [3.05, 3.63) is 12.2 Å². The first-order valence-electron chi connectivity index (χ1n) is 4.06. The van der Waals surface area contributed by atoms with E-state index in [2.05, 4.69) is 6.58 Å². The van der Waals surface area contributed by atoms with E-state index in [0.29, 0.717) is 12.0 Å². The maximum Gasteiger partial charge on any atom is 0.336 e. The number of carbonyl (C=O) groups excluding carboxylic acids is 2. The highest BCUT2D eigenvalue weighted by atomic mass is 16.7. The van der Waals surface area contributed by atoms with Gasteiger partial charge in [-0.2, -0.15) is 0 Å². The molecule has 1 aliphatic heterocycles. The van der Waals surface area contributed by atoms with Crippen LogP contribution in [0.2, 0.25) is 0 Å². The Balaban J connectivity index is 2.50. The van der Waals surface area contributed by atoms with Crippen molar-refractivity contribution in [2.24, 2.45) is 5.92 Å². The fraction of sp³-hybridized carbons (Fsp3) is 0.556. The topological polar surface area (TPSA) is 52.6 Å². The minimum atomic E-state index is -0.739. The zero-order valence-electron chi connectivity index (χ0n) is 7.70. The minimum Gasteiger partial charge on any atom is -0.425 e. The summed E-state index contributed by atoms with van der Waals surface area (Å²) in [6, 6.07) is 0. The predicted molar refractivity (Wildman–Crippen MR) is 44.6 cm³/mol. The molecule has 0 saturated carbocycles. The normalized spacial score (nSPS) is 26.8. The molecule has 2 atom stereocenters. The van der Waals surface area contributed by atoms with E-state index >= 15 is 0 Å². The van der Waals surface area contributed by atoms with E-state index in [-0.39, 0.29) is 11.9 Å². The number of hydrogen-bond donors (Lipinski definition) is 0. The van der Waals surface area contributed by atoms with Crippen LogP contribution in [-0.4, -0.2) is 18.2 Å². The van der Waals surface area contributed by atoms with Crippen LogP contribution in [0.15, 0.2) is 12.2 Å². The summed E-state index contributed by atoms with van der Waals surface area (Å²) in [6.45, 7) is 6.76. The molecule has 4 heteroatoms. The van der Waals surface area contributed by atoms with Crippen LogP contribution in [-0.2, 0) is 19.1 Å². The molecule has 72 valence electrons. The summed E-state index contributed by atoms with van der Waals surface area (Å²) in [4.78, 5) is 21.8. The molecule has 1 fully saturated rings. The largest absolute Gasteiger partial charge is 0.425 e. The summed E-state index contributed by atoms with van der Waals surface area (Å²) in [7, 11) is 0. The Kier molecular flexibility index (Phi) is 2.70. The highest BCUT2D eigenvalue weighted by Gasteiger charge is 2.34. The van der Waals surface area contributed by atoms with Gasteiger partial charge in [0, 0.05) is 11.5 Å². The lowest BCUT2D eigenvalue weighted by Crippen LogP contribution is -2.22. The first kappa shape index (κ1) is 9.77. The second-order valence-corrected chi connectivity index (χ2v) is 3.23. The monoisotopic (exact) mass is 184 g/mol. The van der Waals surface area contributed by atoms with Crippen LogP contribution in [0, 0.1) is 5.92 Å². The van der Waals surface area contributed by atoms with Gasteiger partial charge in [-0.25, -0.2) is 4.79 Å². The first-order chi connectivity index (χ1) is 6.00. The SMILES string of the molecule is C=C(C)C(=O)OC1OC(=O)CC1C. The van der Waals surface area contributed by atoms with Gasteiger partial charge in [-0.1, -0.05) is 13.5 Å². The van der Waals surface area contributed by atoms with Gasteiger partial charge in [-0.05, 0) is 6.92 Å². The zero-order valence-corrected chi connectivity index (χ0v) is 7.70. The summed E-state index contributed by atoms with van der Waals surface area (Å²) < 4.78 is 9.65. The van der Waals surface area contributed by atoms with Gasteiger partial charge in [0.15, 0.2) is 0 Å². The zero-order chi connectivity index (χ0) is 10.0. The van der Waals surface area contributed by atoms with Gasteiger partial charge in [-0.15, -0.1) is 0 Å². The summed E-state index contributed by atoms with van der Waals surface area (Å²) in [5, 5.41) is 0. The van der Waals surface area contributed by atoms with Gasteiger partial charge in [-0.3, -0.25) is 4.79 Å². The van der Waals surface area contributed by atoms with Crippen LogP contribution >= 0.6 is 0 Å². The van der Waals surface area contributed by atoms with Crippen LogP contribution < -0.4 is 0 Å². The van der Waals surface area contributed by atoms with E-state index in [9.17, 15) is 9.59 Å². The third-order valence-corrected chi connectivity index (χ3v) is 1.77. The number of ether oxygens (including phenoxy) is 2. The lowest BCUT2D eigenvalue weighted by molar-refractivity contribution is -0.177. The Hall–Kier alpha value is -1.32. The number of hydrogen-bond acceptors (Lipinski definition) is 4. The van der Waals surface area contributed by atoms with Crippen molar-refractivity contribution in [3.8, 4) is 0 Å². The van der Waals surface area contributed by atoms with E-state index < -0.39 is 12.3 Å². The van der Waals surface area contributed by atoms with E-state index in [0.717, 1.165) is 0 Å². The van der Waals surface area contributed by atoms with Crippen molar-refractivity contribution in [1.29, 1.82) is 0 Å². The van der Waals surface area contributed by atoms with E-state index in [1.165, 1.54) is 0 Å². The van der Waals surface area contributed by atoms with Crippen molar-refractivity contribution >= 4 is 11.9 Å². The molecule has 13 heavy (non-hydrogen) atoms. The molecule has 1 aliphatic rings. The van der Waals surface area contributed by atoms with Crippen molar-refractivity contribution in [3.63, 3.8) is 0 Å². The molecule has 0 spiro atoms. The average Bonchev–Trinajstić information content (AvgIpc) is 2.30. The Bertz CT molecular complexity index is 256. The molecule has 0 bridgehead atoms. The molecule has 1 heterocycles. The Labute approximate surface area is 76.5 Å². The van der Waals surface area contributed by atoms with Gasteiger partial charge < -0.3 is 9.47 Å². The fourth-order valence-corrected chi connectivity index (χ4v) is 0.999. The lowest BCUT2D eigenvalue weighted by atomic mass is 10.1. The second-order valence-electron chi connectivity index (χ2n) is 3.23. The molecule has 1 saturated heterocycles. The molecule has 0 aromatic rings. The highest BCUT2D eigenvalue weighted by Crippen LogP contribution is 2.22. The summed E-state index contributed by atoms with van der Waals surface area (Å²) >= 11 is 0. The van der Waals surface area contributed by atoms with Gasteiger partial charge in [0.1, 0.15) is 0 Å². The van der Waals surface area contributed by atoms with Gasteiger partial charge in [0.05, 0.1) is 6.42 Å². The Morgan fingerprint density at radius 2 is 2.31 bits per heavy atom. The van der Waals surface area contributed by atoms with Gasteiger partial charge >= 0.3 is 11.9 Å². The maximum atomic E-state index is 11.0. The van der Waals surface area contributed by atoms with E-state index in [4.69, 9.17) is 9.47 Å². The second kappa shape index (κ2) is 3.60. The smallest absolute Gasteiger partial charge is 0.336 e. The van der Waals surface area contributed by atoms with Crippen LogP contribution in [0.5, 0.6) is 0 Å². The van der Waals surface area contributed by atoms with Gasteiger partial charge in [0.2, 0.25) is 0 Å². The van der Waals surface area contributed by atoms with Crippen molar-refractivity contribution in [2.75, 3.05) is 0 Å². The summed E-state index contributed by atoms with van der Waals surface area (Å²) in [5.41, 5.74) is 0.301. The van der Waals surface area contributed by atoms with Crippen molar-refractivity contribution in [1.82, 2.24) is 0 Å². The summed E-state index contributed by atoms with van der Waals surface area (Å²) in [6.07, 6.45) is -0.439. The Morgan fingerprint density at radius 3 is 2.69 bits per heavy atom. The third kappa shape index (κ3) is 2.31. The third-order valence-electron chi connectivity index (χ3n) is 1.77. The molecule has 0 N–H and O–H groups in total. The molecular weight excluding hydrogens is 172 g/mol. The van der Waals surface area contributed by atoms with Crippen LogP contribution in [0.25, 0.3) is 0 Å². The predicted octanol–water partition coefficient (Wildman–Crippen LogP) is 1.01. The number of esters is 2. The molecule has 0 aromatic carbocycles. The summed E-state index contributed by atoms with van der Waals surface area (Å²) in [5.74, 6) is -0.922. The Morgan fingerprint density at radius 1 is 1.69 bits per heavy atom. The molecule has 0 radical (unpaired) electrons. The average molecular weight is 184 g/mol. The van der Waals surface area contributed by atoms with E-state index in [1.54, 1.807) is 13.8 Å². The van der Waals surface area contributed by atoms with Crippen molar-refractivity contribution < 1.29 is 19.1 Å². The van der Waals surface area contributed by atoms with Crippen LogP contribution in [0.3, 0.4) is 0 Å². The number of rotatable bonds is 2. The first-order valence-corrected chi connectivity index (χ1v) is 4.06. The van der Waals surface area contributed by atoms with Crippen LogP contribution in [0.4, 0.5) is 0 Å². The molecular formula is C9H12O4. The number of carbonyl (C=O) groups is 2. The maximum absolute atomic E-state index is 11.0. The standard InChI is InChI=1S/C9H12O4/c1-5(2)8(11)13-9-6(3)4-7(10)12-9/h6,9H,1,4H2,2-3H3. The number of cyclic esters (lactones) is 1. The molecule has 0 amide bonds. The van der Waals surface area contributed by atoms with Crippen molar-refractivity contribution in [2.45, 2.75) is 26.6 Å². The van der Waals surface area contributed by atoms with Crippen LogP contribution in [0.1, 0.15) is 20.3 Å².